The van der Waals surface area contributed by atoms with Crippen molar-refractivity contribution in [2.75, 3.05) is 19.8 Å². The second-order valence-corrected chi connectivity index (χ2v) is 3.48. The molecule has 0 amide bonds. The monoisotopic (exact) mass is 195 g/mol. The lowest BCUT2D eigenvalue weighted by Gasteiger charge is -2.23. The summed E-state index contributed by atoms with van der Waals surface area (Å²) in [6.45, 7) is 2.96. The molecule has 0 aromatic heterocycles. The second-order valence-electron chi connectivity index (χ2n) is 3.48. The zero-order chi connectivity index (χ0) is 10.4. The molecule has 0 saturated heterocycles. The Balaban J connectivity index is 2.56. The van der Waals surface area contributed by atoms with E-state index >= 15 is 0 Å². The molecule has 1 aromatic carbocycles. The lowest BCUT2D eigenvalue weighted by Crippen LogP contribution is -2.28. The highest BCUT2D eigenvalue weighted by Gasteiger charge is 2.22. The molecule has 0 aliphatic heterocycles. The molecule has 0 spiro atoms. The Morgan fingerprint density at radius 3 is 2.57 bits per heavy atom. The van der Waals surface area contributed by atoms with Gasteiger partial charge in [-0.3, -0.25) is 0 Å². The summed E-state index contributed by atoms with van der Waals surface area (Å²) >= 11 is 0. The van der Waals surface area contributed by atoms with E-state index in [1.165, 1.54) is 0 Å². The predicted octanol–water partition coefficient (Wildman–Crippen LogP) is 0.869. The van der Waals surface area contributed by atoms with Gasteiger partial charge in [-0.25, -0.2) is 0 Å². The van der Waals surface area contributed by atoms with Crippen LogP contribution < -0.4 is 5.73 Å². The minimum Gasteiger partial charge on any atom is -0.383 e. The van der Waals surface area contributed by atoms with E-state index in [1.807, 2.05) is 30.3 Å². The number of hydrogen-bond acceptors (Lipinski definition) is 3. The van der Waals surface area contributed by atoms with Gasteiger partial charge < -0.3 is 15.6 Å². The van der Waals surface area contributed by atoms with E-state index in [9.17, 15) is 5.11 Å². The molecule has 78 valence electrons. The lowest BCUT2D eigenvalue weighted by molar-refractivity contribution is -0.0356. The summed E-state index contributed by atoms with van der Waals surface area (Å²) in [4.78, 5) is 0. The molecule has 0 saturated carbocycles. The van der Waals surface area contributed by atoms with Gasteiger partial charge in [-0.15, -0.1) is 0 Å². The zero-order valence-corrected chi connectivity index (χ0v) is 8.44. The number of ether oxygens (including phenoxy) is 1. The van der Waals surface area contributed by atoms with Crippen molar-refractivity contribution in [1.29, 1.82) is 0 Å². The summed E-state index contributed by atoms with van der Waals surface area (Å²) in [7, 11) is 0. The standard InChI is InChI=1S/C11H17NO2/c1-11(13,9-14-8-7-12)10-5-3-2-4-6-10/h2-6,13H,7-9,12H2,1H3. The van der Waals surface area contributed by atoms with Crippen LogP contribution in [0.5, 0.6) is 0 Å². The van der Waals surface area contributed by atoms with E-state index in [0.717, 1.165) is 5.56 Å². The minimum absolute atomic E-state index is 0.272. The summed E-state index contributed by atoms with van der Waals surface area (Å²) in [6.07, 6.45) is 0. The van der Waals surface area contributed by atoms with Gasteiger partial charge in [0, 0.05) is 6.54 Å². The normalized spacial score (nSPS) is 15.1. The van der Waals surface area contributed by atoms with E-state index in [2.05, 4.69) is 0 Å². The highest BCUT2D eigenvalue weighted by molar-refractivity contribution is 5.21. The van der Waals surface area contributed by atoms with Crippen molar-refractivity contribution in [3.05, 3.63) is 35.9 Å². The Hall–Kier alpha value is -0.900. The molecule has 14 heavy (non-hydrogen) atoms. The molecule has 1 aromatic rings. The van der Waals surface area contributed by atoms with Gasteiger partial charge >= 0.3 is 0 Å². The van der Waals surface area contributed by atoms with E-state index in [-0.39, 0.29) is 6.61 Å². The molecule has 1 atom stereocenters. The van der Waals surface area contributed by atoms with Crippen LogP contribution in [0.1, 0.15) is 12.5 Å². The first kappa shape index (κ1) is 11.2. The number of rotatable bonds is 5. The van der Waals surface area contributed by atoms with E-state index < -0.39 is 5.60 Å². The fraction of sp³-hybridized carbons (Fsp3) is 0.455. The van der Waals surface area contributed by atoms with Crippen LogP contribution in [0.3, 0.4) is 0 Å². The minimum atomic E-state index is -0.934. The summed E-state index contributed by atoms with van der Waals surface area (Å²) in [5, 5.41) is 10.0. The predicted molar refractivity (Wildman–Crippen MR) is 55.9 cm³/mol. The number of nitrogens with two attached hydrogens (primary N) is 1. The lowest BCUT2D eigenvalue weighted by atomic mass is 9.97. The Labute approximate surface area is 84.5 Å². The first-order valence-corrected chi connectivity index (χ1v) is 4.72. The Morgan fingerprint density at radius 1 is 1.36 bits per heavy atom. The largest absolute Gasteiger partial charge is 0.383 e. The van der Waals surface area contributed by atoms with Gasteiger partial charge in [0.1, 0.15) is 5.60 Å². The third-order valence-electron chi connectivity index (χ3n) is 2.04. The molecule has 0 heterocycles. The number of benzene rings is 1. The molecule has 0 radical (unpaired) electrons. The van der Waals surface area contributed by atoms with Gasteiger partial charge in [0.05, 0.1) is 13.2 Å². The van der Waals surface area contributed by atoms with Gasteiger partial charge in [-0.05, 0) is 12.5 Å². The quantitative estimate of drug-likeness (QED) is 0.685. The maximum Gasteiger partial charge on any atom is 0.110 e. The number of aliphatic hydroxyl groups is 1. The molecule has 0 bridgehead atoms. The van der Waals surface area contributed by atoms with E-state index in [1.54, 1.807) is 6.92 Å². The average molecular weight is 195 g/mol. The maximum atomic E-state index is 10.0. The van der Waals surface area contributed by atoms with Crippen LogP contribution in [-0.4, -0.2) is 24.9 Å². The highest BCUT2D eigenvalue weighted by atomic mass is 16.5. The molecule has 3 heteroatoms. The summed E-state index contributed by atoms with van der Waals surface area (Å²) in [5.74, 6) is 0. The van der Waals surface area contributed by atoms with Crippen molar-refractivity contribution in [1.82, 2.24) is 0 Å². The van der Waals surface area contributed by atoms with Crippen LogP contribution in [-0.2, 0) is 10.3 Å². The van der Waals surface area contributed by atoms with Crippen LogP contribution in [0.2, 0.25) is 0 Å². The Kier molecular flexibility index (Phi) is 4.07. The molecule has 0 aliphatic rings. The van der Waals surface area contributed by atoms with Crippen LogP contribution >= 0.6 is 0 Å². The van der Waals surface area contributed by atoms with Crippen molar-refractivity contribution in [3.8, 4) is 0 Å². The Morgan fingerprint density at radius 2 is 2.00 bits per heavy atom. The van der Waals surface area contributed by atoms with E-state index in [0.29, 0.717) is 13.2 Å². The smallest absolute Gasteiger partial charge is 0.110 e. The molecule has 3 N–H and O–H groups in total. The van der Waals surface area contributed by atoms with Crippen molar-refractivity contribution >= 4 is 0 Å². The van der Waals surface area contributed by atoms with Gasteiger partial charge in [0.15, 0.2) is 0 Å². The van der Waals surface area contributed by atoms with Crippen molar-refractivity contribution < 1.29 is 9.84 Å². The fourth-order valence-electron chi connectivity index (χ4n) is 1.23. The average Bonchev–Trinajstić information content (AvgIpc) is 2.19. The molecular weight excluding hydrogens is 178 g/mol. The van der Waals surface area contributed by atoms with Crippen LogP contribution in [0.25, 0.3) is 0 Å². The molecule has 0 aliphatic carbocycles. The molecule has 0 fully saturated rings. The first-order valence-electron chi connectivity index (χ1n) is 4.72. The second kappa shape index (κ2) is 5.10. The third-order valence-corrected chi connectivity index (χ3v) is 2.04. The van der Waals surface area contributed by atoms with E-state index in [4.69, 9.17) is 10.5 Å². The zero-order valence-electron chi connectivity index (χ0n) is 8.44. The van der Waals surface area contributed by atoms with Crippen molar-refractivity contribution in [3.63, 3.8) is 0 Å². The summed E-state index contributed by atoms with van der Waals surface area (Å²) < 4.78 is 5.23. The van der Waals surface area contributed by atoms with Crippen LogP contribution in [0.15, 0.2) is 30.3 Å². The molecular formula is C11H17NO2. The topological polar surface area (TPSA) is 55.5 Å². The highest BCUT2D eigenvalue weighted by Crippen LogP contribution is 2.19. The van der Waals surface area contributed by atoms with Gasteiger partial charge in [-0.1, -0.05) is 30.3 Å². The SMILES string of the molecule is CC(O)(COCCN)c1ccccc1. The van der Waals surface area contributed by atoms with Gasteiger partial charge in [0.2, 0.25) is 0 Å². The van der Waals surface area contributed by atoms with Gasteiger partial charge in [0.25, 0.3) is 0 Å². The molecule has 1 unspecified atom stereocenters. The maximum absolute atomic E-state index is 10.0. The van der Waals surface area contributed by atoms with Crippen molar-refractivity contribution in [2.45, 2.75) is 12.5 Å². The summed E-state index contributed by atoms with van der Waals surface area (Å²) in [5.41, 5.74) is 5.21. The summed E-state index contributed by atoms with van der Waals surface area (Å²) in [6, 6.07) is 9.47. The first-order chi connectivity index (χ1) is 6.67. The Bertz CT molecular complexity index is 259. The molecule has 1 rings (SSSR count). The van der Waals surface area contributed by atoms with Crippen molar-refractivity contribution in [2.24, 2.45) is 5.73 Å². The number of hydrogen-bond donors (Lipinski definition) is 2. The van der Waals surface area contributed by atoms with Crippen LogP contribution in [0.4, 0.5) is 0 Å². The van der Waals surface area contributed by atoms with Crippen LogP contribution in [0, 0.1) is 0 Å². The third kappa shape index (κ3) is 3.10. The fourth-order valence-corrected chi connectivity index (χ4v) is 1.23. The molecule has 3 nitrogen and oxygen atoms in total. The van der Waals surface area contributed by atoms with Gasteiger partial charge in [-0.2, -0.15) is 0 Å².